The Bertz CT molecular complexity index is 344. The molecule has 1 aliphatic carbocycles. The molecule has 0 radical (unpaired) electrons. The van der Waals surface area contributed by atoms with E-state index in [0.717, 1.165) is 28.5 Å². The van der Waals surface area contributed by atoms with Crippen molar-refractivity contribution in [2.24, 2.45) is 5.92 Å². The second kappa shape index (κ2) is 4.54. The van der Waals surface area contributed by atoms with Crippen molar-refractivity contribution in [1.82, 2.24) is 0 Å². The van der Waals surface area contributed by atoms with Gasteiger partial charge in [-0.1, -0.05) is 43.0 Å². The van der Waals surface area contributed by atoms with Gasteiger partial charge in [0.05, 0.1) is 6.10 Å². The van der Waals surface area contributed by atoms with Crippen molar-refractivity contribution in [1.29, 1.82) is 0 Å². The zero-order chi connectivity index (χ0) is 10.8. The van der Waals surface area contributed by atoms with Gasteiger partial charge in [-0.15, -0.1) is 0 Å². The van der Waals surface area contributed by atoms with Gasteiger partial charge < -0.3 is 5.11 Å². The molecule has 2 heteroatoms. The molecular formula is C13H17ClO. The molecule has 1 aliphatic rings. The molecule has 82 valence electrons. The van der Waals surface area contributed by atoms with Crippen LogP contribution in [-0.4, -0.2) is 5.11 Å². The number of rotatable bonds is 3. The summed E-state index contributed by atoms with van der Waals surface area (Å²) < 4.78 is 0. The third kappa shape index (κ3) is 2.35. The summed E-state index contributed by atoms with van der Waals surface area (Å²) in [7, 11) is 0. The molecule has 1 saturated carbocycles. The standard InChI is InChI=1S/C13H17ClO/c1-9-11(6-3-7-12(9)14)13(15)8-10-4-2-5-10/h3,6-7,10,13,15H,2,4-5,8H2,1H3. The molecule has 0 bridgehead atoms. The van der Waals surface area contributed by atoms with Gasteiger partial charge in [-0.3, -0.25) is 0 Å². The average molecular weight is 225 g/mol. The molecule has 1 unspecified atom stereocenters. The fourth-order valence-electron chi connectivity index (χ4n) is 2.16. The Morgan fingerprint density at radius 3 is 2.80 bits per heavy atom. The molecule has 1 aromatic rings. The smallest absolute Gasteiger partial charge is 0.0795 e. The van der Waals surface area contributed by atoms with Gasteiger partial charge in [-0.25, -0.2) is 0 Å². The summed E-state index contributed by atoms with van der Waals surface area (Å²) in [5.74, 6) is 0.721. The van der Waals surface area contributed by atoms with Crippen molar-refractivity contribution >= 4 is 11.6 Å². The average Bonchev–Trinajstić information content (AvgIpc) is 2.15. The maximum atomic E-state index is 10.1. The molecule has 1 nitrogen and oxygen atoms in total. The van der Waals surface area contributed by atoms with Crippen LogP contribution in [-0.2, 0) is 0 Å². The van der Waals surface area contributed by atoms with Gasteiger partial charge in [-0.2, -0.15) is 0 Å². The highest BCUT2D eigenvalue weighted by Crippen LogP contribution is 2.36. The van der Waals surface area contributed by atoms with Crippen LogP contribution < -0.4 is 0 Å². The minimum atomic E-state index is -0.339. The number of halogens is 1. The van der Waals surface area contributed by atoms with Crippen LogP contribution in [0.1, 0.15) is 42.9 Å². The first kappa shape index (κ1) is 11.0. The fraction of sp³-hybridized carbons (Fsp3) is 0.538. The zero-order valence-corrected chi connectivity index (χ0v) is 9.80. The molecule has 1 aromatic carbocycles. The van der Waals surface area contributed by atoms with E-state index in [2.05, 4.69) is 0 Å². The van der Waals surface area contributed by atoms with Gasteiger partial charge >= 0.3 is 0 Å². The highest BCUT2D eigenvalue weighted by atomic mass is 35.5. The van der Waals surface area contributed by atoms with E-state index in [9.17, 15) is 5.11 Å². The number of aliphatic hydroxyl groups is 1. The van der Waals surface area contributed by atoms with Gasteiger partial charge in [-0.05, 0) is 36.5 Å². The fourth-order valence-corrected chi connectivity index (χ4v) is 2.34. The van der Waals surface area contributed by atoms with E-state index in [-0.39, 0.29) is 6.10 Å². The lowest BCUT2D eigenvalue weighted by molar-refractivity contribution is 0.118. The Labute approximate surface area is 96.1 Å². The van der Waals surface area contributed by atoms with E-state index in [1.54, 1.807) is 0 Å². The summed E-state index contributed by atoms with van der Waals surface area (Å²) in [4.78, 5) is 0. The summed E-state index contributed by atoms with van der Waals surface area (Å²) in [6.45, 7) is 1.97. The molecule has 15 heavy (non-hydrogen) atoms. The SMILES string of the molecule is Cc1c(Cl)cccc1C(O)CC1CCC1. The highest BCUT2D eigenvalue weighted by Gasteiger charge is 2.22. The lowest BCUT2D eigenvalue weighted by atomic mass is 9.80. The number of hydrogen-bond acceptors (Lipinski definition) is 1. The topological polar surface area (TPSA) is 20.2 Å². The van der Waals surface area contributed by atoms with Crippen molar-refractivity contribution in [3.63, 3.8) is 0 Å². The number of hydrogen-bond donors (Lipinski definition) is 1. The summed E-state index contributed by atoms with van der Waals surface area (Å²) in [5.41, 5.74) is 2.01. The van der Waals surface area contributed by atoms with Crippen molar-refractivity contribution < 1.29 is 5.11 Å². The normalized spacial score (nSPS) is 18.6. The quantitative estimate of drug-likeness (QED) is 0.827. The number of aliphatic hydroxyl groups excluding tert-OH is 1. The van der Waals surface area contributed by atoms with Crippen molar-refractivity contribution in [2.75, 3.05) is 0 Å². The van der Waals surface area contributed by atoms with Crippen molar-refractivity contribution in [2.45, 2.75) is 38.7 Å². The summed E-state index contributed by atoms with van der Waals surface area (Å²) in [6.07, 6.45) is 4.43. The molecule has 0 saturated heterocycles. The molecule has 0 amide bonds. The van der Waals surface area contributed by atoms with E-state index in [1.807, 2.05) is 25.1 Å². The molecule has 1 atom stereocenters. The largest absolute Gasteiger partial charge is 0.388 e. The molecule has 0 spiro atoms. The predicted octanol–water partition coefficient (Wildman–Crippen LogP) is 3.87. The monoisotopic (exact) mass is 224 g/mol. The molecule has 0 aromatic heterocycles. The molecule has 0 aliphatic heterocycles. The van der Waals surface area contributed by atoms with Crippen LogP contribution in [0, 0.1) is 12.8 Å². The van der Waals surface area contributed by atoms with Crippen LogP contribution in [0.2, 0.25) is 5.02 Å². The molecular weight excluding hydrogens is 208 g/mol. The van der Waals surface area contributed by atoms with E-state index in [0.29, 0.717) is 0 Å². The van der Waals surface area contributed by atoms with Gasteiger partial charge in [0, 0.05) is 5.02 Å². The molecule has 1 fully saturated rings. The van der Waals surface area contributed by atoms with Crippen LogP contribution in [0.15, 0.2) is 18.2 Å². The zero-order valence-electron chi connectivity index (χ0n) is 9.04. The first-order valence-corrected chi connectivity index (χ1v) is 5.99. The van der Waals surface area contributed by atoms with Crippen LogP contribution in [0.5, 0.6) is 0 Å². The van der Waals surface area contributed by atoms with Crippen molar-refractivity contribution in [3.8, 4) is 0 Å². The van der Waals surface area contributed by atoms with Gasteiger partial charge in [0.25, 0.3) is 0 Å². The minimum absolute atomic E-state index is 0.339. The second-order valence-electron chi connectivity index (χ2n) is 4.50. The Morgan fingerprint density at radius 2 is 2.20 bits per heavy atom. The maximum absolute atomic E-state index is 10.1. The Hall–Kier alpha value is -0.530. The van der Waals surface area contributed by atoms with Crippen LogP contribution in [0.25, 0.3) is 0 Å². The van der Waals surface area contributed by atoms with E-state index < -0.39 is 0 Å². The van der Waals surface area contributed by atoms with Gasteiger partial charge in [0.2, 0.25) is 0 Å². The summed E-state index contributed by atoms with van der Waals surface area (Å²) in [6, 6.07) is 5.76. The Kier molecular flexibility index (Phi) is 3.32. The van der Waals surface area contributed by atoms with Gasteiger partial charge in [0.15, 0.2) is 0 Å². The van der Waals surface area contributed by atoms with Crippen LogP contribution >= 0.6 is 11.6 Å². The third-order valence-electron chi connectivity index (χ3n) is 3.45. The lowest BCUT2D eigenvalue weighted by Gasteiger charge is -2.28. The highest BCUT2D eigenvalue weighted by molar-refractivity contribution is 6.31. The first-order valence-electron chi connectivity index (χ1n) is 5.61. The van der Waals surface area contributed by atoms with E-state index in [1.165, 1.54) is 19.3 Å². The van der Waals surface area contributed by atoms with E-state index in [4.69, 9.17) is 11.6 Å². The maximum Gasteiger partial charge on any atom is 0.0795 e. The predicted molar refractivity (Wildman–Crippen MR) is 63.1 cm³/mol. The van der Waals surface area contributed by atoms with Crippen LogP contribution in [0.4, 0.5) is 0 Å². The Balaban J connectivity index is 2.09. The Morgan fingerprint density at radius 1 is 1.47 bits per heavy atom. The lowest BCUT2D eigenvalue weighted by Crippen LogP contribution is -2.15. The minimum Gasteiger partial charge on any atom is -0.388 e. The second-order valence-corrected chi connectivity index (χ2v) is 4.91. The van der Waals surface area contributed by atoms with Gasteiger partial charge in [0.1, 0.15) is 0 Å². The van der Waals surface area contributed by atoms with E-state index >= 15 is 0 Å². The molecule has 1 N–H and O–H groups in total. The summed E-state index contributed by atoms with van der Waals surface area (Å²) in [5, 5.41) is 10.9. The molecule has 2 rings (SSSR count). The number of benzene rings is 1. The summed E-state index contributed by atoms with van der Waals surface area (Å²) >= 11 is 6.03. The van der Waals surface area contributed by atoms with Crippen molar-refractivity contribution in [3.05, 3.63) is 34.3 Å². The van der Waals surface area contributed by atoms with Crippen LogP contribution in [0.3, 0.4) is 0 Å². The third-order valence-corrected chi connectivity index (χ3v) is 3.86. The molecule has 0 heterocycles. The first-order chi connectivity index (χ1) is 7.18.